The highest BCUT2D eigenvalue weighted by molar-refractivity contribution is 6.05. The monoisotopic (exact) mass is 444 g/mol. The molecule has 170 valence electrons. The first-order chi connectivity index (χ1) is 16.1. The van der Waals surface area contributed by atoms with Crippen molar-refractivity contribution in [3.63, 3.8) is 0 Å². The first kappa shape index (κ1) is 22.3. The van der Waals surface area contributed by atoms with Crippen molar-refractivity contribution in [2.75, 3.05) is 30.4 Å². The van der Waals surface area contributed by atoms with Gasteiger partial charge in [0, 0.05) is 37.3 Å². The number of nitrogens with zero attached hydrogens (tertiary/aromatic N) is 2. The van der Waals surface area contributed by atoms with Crippen molar-refractivity contribution in [3.8, 4) is 5.75 Å². The highest BCUT2D eigenvalue weighted by Gasteiger charge is 2.26. The zero-order valence-electron chi connectivity index (χ0n) is 18.7. The Morgan fingerprint density at radius 3 is 2.52 bits per heavy atom. The number of nitrogens with one attached hydrogen (secondary N) is 2. The van der Waals surface area contributed by atoms with Gasteiger partial charge in [0.05, 0.1) is 12.8 Å². The number of benzene rings is 2. The van der Waals surface area contributed by atoms with E-state index in [1.165, 1.54) is 0 Å². The minimum absolute atomic E-state index is 0.0120. The molecule has 3 aromatic rings. The summed E-state index contributed by atoms with van der Waals surface area (Å²) in [5, 5.41) is 5.94. The molecule has 2 amide bonds. The van der Waals surface area contributed by atoms with Crippen LogP contribution in [0.3, 0.4) is 0 Å². The van der Waals surface area contributed by atoms with Crippen LogP contribution in [0.1, 0.15) is 28.8 Å². The summed E-state index contributed by atoms with van der Waals surface area (Å²) in [6.45, 7) is 1.98. The molecular formula is C26H28N4O3. The van der Waals surface area contributed by atoms with Gasteiger partial charge < -0.3 is 20.3 Å². The maximum absolute atomic E-state index is 12.8. The van der Waals surface area contributed by atoms with Crippen molar-refractivity contribution in [3.05, 3.63) is 84.1 Å². The Morgan fingerprint density at radius 1 is 1.03 bits per heavy atom. The highest BCUT2D eigenvalue weighted by Crippen LogP contribution is 2.25. The zero-order valence-corrected chi connectivity index (χ0v) is 18.7. The van der Waals surface area contributed by atoms with Gasteiger partial charge in [-0.05, 0) is 42.7 Å². The molecule has 4 rings (SSSR count). The number of pyridine rings is 1. The molecular weight excluding hydrogens is 416 g/mol. The molecule has 0 spiro atoms. The number of hydrogen-bond donors (Lipinski definition) is 2. The largest absolute Gasteiger partial charge is 0.495 e. The third kappa shape index (κ3) is 5.68. The molecule has 0 bridgehead atoms. The summed E-state index contributed by atoms with van der Waals surface area (Å²) in [6.07, 6.45) is 3.14. The van der Waals surface area contributed by atoms with Gasteiger partial charge in [0.2, 0.25) is 5.91 Å². The average molecular weight is 445 g/mol. The Kier molecular flexibility index (Phi) is 7.19. The van der Waals surface area contributed by atoms with Crippen LogP contribution < -0.4 is 20.3 Å². The Morgan fingerprint density at radius 2 is 1.76 bits per heavy atom. The summed E-state index contributed by atoms with van der Waals surface area (Å²) in [4.78, 5) is 31.9. The van der Waals surface area contributed by atoms with Crippen molar-refractivity contribution >= 4 is 23.3 Å². The number of para-hydroxylation sites is 2. The molecule has 2 aromatic carbocycles. The maximum atomic E-state index is 12.8. The van der Waals surface area contributed by atoms with E-state index in [9.17, 15) is 9.59 Å². The molecule has 1 fully saturated rings. The SMILES string of the molecule is COc1ccccc1NC(=O)c1ccnc(N2CCC(C(=O)NCc3ccccc3)CC2)c1. The minimum atomic E-state index is -0.224. The van der Waals surface area contributed by atoms with E-state index in [1.54, 1.807) is 37.6 Å². The van der Waals surface area contributed by atoms with Crippen LogP contribution >= 0.6 is 0 Å². The van der Waals surface area contributed by atoms with Crippen LogP contribution in [-0.4, -0.2) is 37.0 Å². The third-order valence-corrected chi connectivity index (χ3v) is 5.86. The van der Waals surface area contributed by atoms with Crippen LogP contribution in [0.5, 0.6) is 5.75 Å². The average Bonchev–Trinajstić information content (AvgIpc) is 2.88. The van der Waals surface area contributed by atoms with E-state index in [0.29, 0.717) is 36.6 Å². The van der Waals surface area contributed by atoms with E-state index in [1.807, 2.05) is 42.5 Å². The topological polar surface area (TPSA) is 83.6 Å². The number of amides is 2. The molecule has 0 unspecified atom stereocenters. The second-order valence-corrected chi connectivity index (χ2v) is 8.02. The van der Waals surface area contributed by atoms with Gasteiger partial charge in [0.25, 0.3) is 5.91 Å². The Hall–Kier alpha value is -3.87. The van der Waals surface area contributed by atoms with E-state index in [0.717, 1.165) is 24.2 Å². The van der Waals surface area contributed by atoms with Crippen LogP contribution in [0.2, 0.25) is 0 Å². The fourth-order valence-electron chi connectivity index (χ4n) is 3.98. The van der Waals surface area contributed by atoms with E-state index >= 15 is 0 Å². The molecule has 0 saturated carbocycles. The second kappa shape index (κ2) is 10.6. The summed E-state index contributed by atoms with van der Waals surface area (Å²) in [5.41, 5.74) is 2.23. The fraction of sp³-hybridized carbons (Fsp3) is 0.269. The predicted octanol–water partition coefficient (Wildman–Crippen LogP) is 3.88. The van der Waals surface area contributed by atoms with Crippen molar-refractivity contribution in [1.82, 2.24) is 10.3 Å². The summed E-state index contributed by atoms with van der Waals surface area (Å²) >= 11 is 0. The third-order valence-electron chi connectivity index (χ3n) is 5.86. The lowest BCUT2D eigenvalue weighted by Gasteiger charge is -2.32. The summed E-state index contributed by atoms with van der Waals surface area (Å²) in [7, 11) is 1.57. The number of aromatic nitrogens is 1. The van der Waals surface area contributed by atoms with Gasteiger partial charge in [-0.25, -0.2) is 4.98 Å². The lowest BCUT2D eigenvalue weighted by Crippen LogP contribution is -2.40. The molecule has 1 saturated heterocycles. The number of anilines is 2. The fourth-order valence-corrected chi connectivity index (χ4v) is 3.98. The standard InChI is InChI=1S/C26H28N4O3/c1-33-23-10-6-5-9-22(23)29-26(32)21-11-14-27-24(17-21)30-15-12-20(13-16-30)25(31)28-18-19-7-3-2-4-8-19/h2-11,14,17,20H,12-13,15-16,18H2,1H3,(H,28,31)(H,29,32). The van der Waals surface area contributed by atoms with Crippen LogP contribution in [0, 0.1) is 5.92 Å². The predicted molar refractivity (Wildman–Crippen MR) is 128 cm³/mol. The molecule has 0 radical (unpaired) electrons. The van der Waals surface area contributed by atoms with Crippen LogP contribution in [-0.2, 0) is 11.3 Å². The second-order valence-electron chi connectivity index (χ2n) is 8.02. The normalized spacial score (nSPS) is 13.9. The lowest BCUT2D eigenvalue weighted by molar-refractivity contribution is -0.125. The molecule has 0 atom stereocenters. The van der Waals surface area contributed by atoms with Gasteiger partial charge in [0.1, 0.15) is 11.6 Å². The summed E-state index contributed by atoms with van der Waals surface area (Å²) in [6, 6.07) is 20.7. The van der Waals surface area contributed by atoms with Crippen molar-refractivity contribution in [1.29, 1.82) is 0 Å². The molecule has 33 heavy (non-hydrogen) atoms. The molecule has 7 nitrogen and oxygen atoms in total. The van der Waals surface area contributed by atoms with Gasteiger partial charge in [-0.1, -0.05) is 42.5 Å². The van der Waals surface area contributed by atoms with Crippen molar-refractivity contribution < 1.29 is 14.3 Å². The molecule has 1 aliphatic heterocycles. The molecule has 2 heterocycles. The Bertz CT molecular complexity index is 1100. The van der Waals surface area contributed by atoms with E-state index in [-0.39, 0.29) is 17.7 Å². The number of hydrogen-bond acceptors (Lipinski definition) is 5. The van der Waals surface area contributed by atoms with E-state index < -0.39 is 0 Å². The number of methoxy groups -OCH3 is 1. The quantitative estimate of drug-likeness (QED) is 0.578. The Balaban J connectivity index is 1.33. The molecule has 0 aliphatic carbocycles. The maximum Gasteiger partial charge on any atom is 0.255 e. The molecule has 1 aliphatic rings. The number of carbonyl (C=O) groups is 2. The number of carbonyl (C=O) groups excluding carboxylic acids is 2. The van der Waals surface area contributed by atoms with Gasteiger partial charge in [-0.3, -0.25) is 9.59 Å². The van der Waals surface area contributed by atoms with E-state index in [4.69, 9.17) is 4.74 Å². The van der Waals surface area contributed by atoms with E-state index in [2.05, 4.69) is 20.5 Å². The van der Waals surface area contributed by atoms with Crippen molar-refractivity contribution in [2.24, 2.45) is 5.92 Å². The number of piperidine rings is 1. The summed E-state index contributed by atoms with van der Waals surface area (Å²) < 4.78 is 5.30. The van der Waals surface area contributed by atoms with Gasteiger partial charge in [-0.15, -0.1) is 0 Å². The number of ether oxygens (including phenoxy) is 1. The molecule has 7 heteroatoms. The van der Waals surface area contributed by atoms with Gasteiger partial charge in [0.15, 0.2) is 0 Å². The Labute approximate surface area is 193 Å². The van der Waals surface area contributed by atoms with Crippen molar-refractivity contribution in [2.45, 2.75) is 19.4 Å². The number of rotatable bonds is 7. The van der Waals surface area contributed by atoms with Crippen LogP contribution in [0.15, 0.2) is 72.9 Å². The smallest absolute Gasteiger partial charge is 0.255 e. The minimum Gasteiger partial charge on any atom is -0.495 e. The molecule has 1 aromatic heterocycles. The first-order valence-corrected chi connectivity index (χ1v) is 11.1. The highest BCUT2D eigenvalue weighted by atomic mass is 16.5. The first-order valence-electron chi connectivity index (χ1n) is 11.1. The zero-order chi connectivity index (χ0) is 23.0. The van der Waals surface area contributed by atoms with Gasteiger partial charge in [-0.2, -0.15) is 0 Å². The van der Waals surface area contributed by atoms with Crippen LogP contribution in [0.4, 0.5) is 11.5 Å². The molecule has 2 N–H and O–H groups in total. The van der Waals surface area contributed by atoms with Gasteiger partial charge >= 0.3 is 0 Å². The van der Waals surface area contributed by atoms with Crippen LogP contribution in [0.25, 0.3) is 0 Å². The lowest BCUT2D eigenvalue weighted by atomic mass is 9.95. The summed E-state index contributed by atoms with van der Waals surface area (Å²) in [5.74, 6) is 1.20.